The zero-order valence-corrected chi connectivity index (χ0v) is 20.1. The zero-order chi connectivity index (χ0) is 18.6. The molecule has 0 bridgehead atoms. The van der Waals surface area contributed by atoms with Gasteiger partial charge in [-0.2, -0.15) is 0 Å². The van der Waals surface area contributed by atoms with Crippen molar-refractivity contribution in [3.63, 3.8) is 0 Å². The van der Waals surface area contributed by atoms with Gasteiger partial charge in [0.05, 0.1) is 0 Å². The summed E-state index contributed by atoms with van der Waals surface area (Å²) in [7, 11) is 0. The Kier molecular flexibility index (Phi) is 7.35. The third-order valence-electron chi connectivity index (χ3n) is 7.17. The molecule has 1 heteroatoms. The van der Waals surface area contributed by atoms with Crippen LogP contribution in [0, 0.1) is 0 Å². The number of rotatable bonds is 10. The van der Waals surface area contributed by atoms with E-state index in [1.807, 2.05) is 0 Å². The summed E-state index contributed by atoms with van der Waals surface area (Å²) in [5.74, 6) is 0. The maximum absolute atomic E-state index is 2.70. The van der Waals surface area contributed by atoms with Crippen LogP contribution >= 0.6 is 0 Å². The second kappa shape index (κ2) is 8.69. The van der Waals surface area contributed by atoms with E-state index in [4.69, 9.17) is 0 Å². The molecule has 0 aromatic heterocycles. The van der Waals surface area contributed by atoms with Gasteiger partial charge in [-0.1, -0.05) is 0 Å². The molecule has 0 radical (unpaired) electrons. The quantitative estimate of drug-likeness (QED) is 0.332. The number of hydrogen-bond donors (Lipinski definition) is 0. The molecule has 0 nitrogen and oxygen atoms in total. The third-order valence-corrected chi connectivity index (χ3v) is 24.8. The normalized spacial score (nSPS) is 28.6. The fourth-order valence-corrected chi connectivity index (χ4v) is 21.4. The molecule has 0 spiro atoms. The van der Waals surface area contributed by atoms with E-state index in [1.54, 1.807) is 11.1 Å². The van der Waals surface area contributed by atoms with Crippen molar-refractivity contribution in [2.45, 2.75) is 94.6 Å². The van der Waals surface area contributed by atoms with Gasteiger partial charge in [-0.05, 0) is 0 Å². The number of hydrogen-bond acceptors (Lipinski definition) is 0. The number of allylic oxidation sites excluding steroid dienone is 8. The summed E-state index contributed by atoms with van der Waals surface area (Å²) < 4.78 is 3.55. The summed E-state index contributed by atoms with van der Waals surface area (Å²) >= 11 is -2.57. The van der Waals surface area contributed by atoms with Gasteiger partial charge in [-0.3, -0.25) is 0 Å². The van der Waals surface area contributed by atoms with Gasteiger partial charge in [0.25, 0.3) is 0 Å². The molecule has 0 heterocycles. The molecule has 2 rings (SSSR count). The Morgan fingerprint density at radius 2 is 1.12 bits per heavy atom. The summed E-state index contributed by atoms with van der Waals surface area (Å²) in [5, 5.41) is 0. The molecule has 2 unspecified atom stereocenters. The van der Waals surface area contributed by atoms with Gasteiger partial charge in [0, 0.05) is 0 Å². The predicted molar refractivity (Wildman–Crippen MR) is 111 cm³/mol. The van der Waals surface area contributed by atoms with Crippen LogP contribution in [-0.2, 0) is 20.3 Å². The Bertz CT molecular complexity index is 525. The van der Waals surface area contributed by atoms with E-state index in [-0.39, 0.29) is 0 Å². The van der Waals surface area contributed by atoms with Gasteiger partial charge in [-0.25, -0.2) is 0 Å². The minimum absolute atomic E-state index is 0.358. The average molecular weight is 420 g/mol. The zero-order valence-electron chi connectivity index (χ0n) is 17.6. The number of unbranched alkanes of at least 4 members (excludes halogenated alkanes) is 2. The van der Waals surface area contributed by atoms with Crippen molar-refractivity contribution in [2.75, 3.05) is 0 Å². The van der Waals surface area contributed by atoms with Crippen LogP contribution in [0.4, 0.5) is 0 Å². The van der Waals surface area contributed by atoms with Gasteiger partial charge in [0.15, 0.2) is 0 Å². The van der Waals surface area contributed by atoms with Crippen LogP contribution in [0.1, 0.15) is 80.1 Å². The van der Waals surface area contributed by atoms with Crippen LogP contribution in [-0.4, -0.2) is 0 Å². The van der Waals surface area contributed by atoms with Crippen molar-refractivity contribution >= 4 is 0 Å². The molecule has 2 atom stereocenters. The summed E-state index contributed by atoms with van der Waals surface area (Å²) in [4.78, 5) is 0. The molecular formula is C24H40Zr. The van der Waals surface area contributed by atoms with E-state index in [1.165, 1.54) is 46.8 Å². The molecule has 0 saturated carbocycles. The first kappa shape index (κ1) is 21.1. The SMILES string of the molecule is CCCCC1=C[C](C)([Zr]([CH2]C)([CH2]C)[C]2(C)C=CC(CCCC)=C2)C=C1. The van der Waals surface area contributed by atoms with Crippen LogP contribution in [0.25, 0.3) is 0 Å². The first-order valence-corrected chi connectivity index (χ1v) is 16.7. The minimum atomic E-state index is -2.57. The van der Waals surface area contributed by atoms with Crippen molar-refractivity contribution in [3.8, 4) is 0 Å². The van der Waals surface area contributed by atoms with Crippen molar-refractivity contribution in [2.24, 2.45) is 0 Å². The van der Waals surface area contributed by atoms with Gasteiger partial charge in [0.2, 0.25) is 0 Å². The van der Waals surface area contributed by atoms with Gasteiger partial charge in [-0.15, -0.1) is 0 Å². The van der Waals surface area contributed by atoms with E-state index in [9.17, 15) is 0 Å². The standard InChI is InChI=1S/2C10H15.2C2H5.Zr/c2*1-3-4-5-10-7-6-9(2)8-10;2*1-2;/h2*6-8H,3-5H2,1-2H3;2*1H2,2H3;. The molecule has 140 valence electrons. The molecule has 0 saturated heterocycles. The van der Waals surface area contributed by atoms with E-state index in [2.05, 4.69) is 78.0 Å². The molecule has 2 aliphatic rings. The molecule has 0 aromatic carbocycles. The van der Waals surface area contributed by atoms with Gasteiger partial charge < -0.3 is 0 Å². The topological polar surface area (TPSA) is 0 Å². The summed E-state index contributed by atoms with van der Waals surface area (Å²) in [5.41, 5.74) is 3.21. The van der Waals surface area contributed by atoms with Gasteiger partial charge >= 0.3 is 162 Å². The Morgan fingerprint density at radius 1 is 0.720 bits per heavy atom. The Morgan fingerprint density at radius 3 is 1.44 bits per heavy atom. The third kappa shape index (κ3) is 3.92. The summed E-state index contributed by atoms with van der Waals surface area (Å²) in [6.07, 6.45) is 23.3. The first-order valence-electron chi connectivity index (χ1n) is 10.7. The fraction of sp³-hybridized carbons (Fsp3) is 0.667. The van der Waals surface area contributed by atoms with Crippen LogP contribution in [0.3, 0.4) is 0 Å². The molecule has 0 aromatic rings. The van der Waals surface area contributed by atoms with Crippen molar-refractivity contribution in [1.82, 2.24) is 0 Å². The molecule has 0 N–H and O–H groups in total. The second-order valence-corrected chi connectivity index (χ2v) is 22.8. The summed E-state index contributed by atoms with van der Waals surface area (Å²) in [6, 6.07) is 0. The van der Waals surface area contributed by atoms with Crippen molar-refractivity contribution < 1.29 is 20.3 Å². The molecule has 0 aliphatic heterocycles. The van der Waals surface area contributed by atoms with E-state index in [0.29, 0.717) is 6.25 Å². The fourth-order valence-electron chi connectivity index (χ4n) is 5.55. The first-order chi connectivity index (χ1) is 11.9. The van der Waals surface area contributed by atoms with Crippen LogP contribution in [0.5, 0.6) is 0 Å². The van der Waals surface area contributed by atoms with Crippen molar-refractivity contribution in [1.29, 1.82) is 0 Å². The van der Waals surface area contributed by atoms with Crippen LogP contribution in [0.2, 0.25) is 14.5 Å². The van der Waals surface area contributed by atoms with Crippen molar-refractivity contribution in [3.05, 3.63) is 47.6 Å². The molecular weight excluding hydrogens is 379 g/mol. The average Bonchev–Trinajstić information content (AvgIpc) is 3.17. The molecule has 0 amide bonds. The molecule has 0 fully saturated rings. The summed E-state index contributed by atoms with van der Waals surface area (Å²) in [6.45, 7) is 14.7. The monoisotopic (exact) mass is 418 g/mol. The Hall–Kier alpha value is -0.157. The van der Waals surface area contributed by atoms with E-state index in [0.717, 1.165) is 0 Å². The molecule has 25 heavy (non-hydrogen) atoms. The van der Waals surface area contributed by atoms with E-state index >= 15 is 0 Å². The second-order valence-electron chi connectivity index (χ2n) is 8.67. The Balaban J connectivity index is 2.37. The molecule has 2 aliphatic carbocycles. The van der Waals surface area contributed by atoms with Gasteiger partial charge in [0.1, 0.15) is 0 Å². The van der Waals surface area contributed by atoms with E-state index < -0.39 is 20.3 Å². The Labute approximate surface area is 162 Å². The maximum atomic E-state index is 2.70. The van der Waals surface area contributed by atoms with Crippen LogP contribution < -0.4 is 0 Å². The predicted octanol–water partition coefficient (Wildman–Crippen LogP) is 8.75. The van der Waals surface area contributed by atoms with Crippen LogP contribution in [0.15, 0.2) is 47.6 Å².